The number of piperidine rings is 1. The molecule has 3 heteroatoms. The highest BCUT2D eigenvalue weighted by Gasteiger charge is 2.18. The van der Waals surface area contributed by atoms with Crippen molar-refractivity contribution in [3.63, 3.8) is 0 Å². The third-order valence-electron chi connectivity index (χ3n) is 4.04. The molecule has 0 spiro atoms. The van der Waals surface area contributed by atoms with Gasteiger partial charge < -0.3 is 10.2 Å². The minimum absolute atomic E-state index is 0.484. The number of nitrogens with one attached hydrogen (secondary N) is 1. The Labute approximate surface area is 123 Å². The molecule has 1 N–H and O–H groups in total. The second-order valence-electron chi connectivity index (χ2n) is 6.39. The van der Waals surface area contributed by atoms with E-state index in [0.29, 0.717) is 5.92 Å². The Morgan fingerprint density at radius 3 is 2.85 bits per heavy atom. The van der Waals surface area contributed by atoms with Crippen molar-refractivity contribution in [1.82, 2.24) is 10.3 Å². The van der Waals surface area contributed by atoms with Gasteiger partial charge in [-0.25, -0.2) is 4.98 Å². The first-order valence-electron chi connectivity index (χ1n) is 8.06. The molecule has 1 fully saturated rings. The van der Waals surface area contributed by atoms with Crippen LogP contribution in [-0.2, 0) is 6.54 Å². The summed E-state index contributed by atoms with van der Waals surface area (Å²) in [6.07, 6.45) is 2.64. The van der Waals surface area contributed by atoms with Gasteiger partial charge in [-0.15, -0.1) is 0 Å². The van der Waals surface area contributed by atoms with Crippen LogP contribution in [0.5, 0.6) is 0 Å². The SMILES string of the molecule is CCNCc1cc(C(C)C)nc(N2CCCC(C)C2)c1. The van der Waals surface area contributed by atoms with E-state index in [2.05, 4.69) is 50.0 Å². The summed E-state index contributed by atoms with van der Waals surface area (Å²) in [6.45, 7) is 13.2. The molecule has 2 heterocycles. The third kappa shape index (κ3) is 3.95. The van der Waals surface area contributed by atoms with Crippen molar-refractivity contribution in [3.05, 3.63) is 23.4 Å². The van der Waals surface area contributed by atoms with Crippen LogP contribution in [-0.4, -0.2) is 24.6 Å². The fourth-order valence-corrected chi connectivity index (χ4v) is 2.82. The zero-order valence-corrected chi connectivity index (χ0v) is 13.4. The summed E-state index contributed by atoms with van der Waals surface area (Å²) in [5.41, 5.74) is 2.58. The molecule has 112 valence electrons. The average molecular weight is 275 g/mol. The number of aromatic nitrogens is 1. The van der Waals surface area contributed by atoms with Gasteiger partial charge in [0, 0.05) is 25.3 Å². The van der Waals surface area contributed by atoms with E-state index < -0.39 is 0 Å². The number of hydrogen-bond donors (Lipinski definition) is 1. The van der Waals surface area contributed by atoms with Gasteiger partial charge in [0.1, 0.15) is 5.82 Å². The quantitative estimate of drug-likeness (QED) is 0.890. The Bertz CT molecular complexity index is 428. The minimum Gasteiger partial charge on any atom is -0.356 e. The highest BCUT2D eigenvalue weighted by atomic mass is 15.2. The first kappa shape index (κ1) is 15.3. The Kier molecular flexibility index (Phi) is 5.41. The van der Waals surface area contributed by atoms with Crippen LogP contribution in [0, 0.1) is 5.92 Å². The molecular weight excluding hydrogens is 246 g/mol. The van der Waals surface area contributed by atoms with Crippen LogP contribution in [0.4, 0.5) is 5.82 Å². The summed E-state index contributed by atoms with van der Waals surface area (Å²) < 4.78 is 0. The summed E-state index contributed by atoms with van der Waals surface area (Å²) in [5.74, 6) is 2.44. The maximum atomic E-state index is 4.90. The summed E-state index contributed by atoms with van der Waals surface area (Å²) >= 11 is 0. The van der Waals surface area contributed by atoms with Crippen molar-refractivity contribution < 1.29 is 0 Å². The summed E-state index contributed by atoms with van der Waals surface area (Å²) in [4.78, 5) is 7.37. The highest BCUT2D eigenvalue weighted by Crippen LogP contribution is 2.25. The summed E-state index contributed by atoms with van der Waals surface area (Å²) in [5, 5.41) is 3.42. The molecule has 1 atom stereocenters. The molecule has 2 rings (SSSR count). The molecular formula is C17H29N3. The van der Waals surface area contributed by atoms with Crippen molar-refractivity contribution in [1.29, 1.82) is 0 Å². The van der Waals surface area contributed by atoms with Gasteiger partial charge in [-0.3, -0.25) is 0 Å². The molecule has 1 aliphatic heterocycles. The molecule has 3 nitrogen and oxygen atoms in total. The van der Waals surface area contributed by atoms with Crippen molar-refractivity contribution in [2.75, 3.05) is 24.5 Å². The smallest absolute Gasteiger partial charge is 0.129 e. The van der Waals surface area contributed by atoms with Gasteiger partial charge in [0.15, 0.2) is 0 Å². The Morgan fingerprint density at radius 1 is 1.40 bits per heavy atom. The maximum absolute atomic E-state index is 4.90. The molecule has 0 radical (unpaired) electrons. The van der Waals surface area contributed by atoms with Crippen molar-refractivity contribution in [2.45, 2.75) is 53.0 Å². The van der Waals surface area contributed by atoms with Crippen molar-refractivity contribution in [3.8, 4) is 0 Å². The Hall–Kier alpha value is -1.09. The van der Waals surface area contributed by atoms with E-state index in [1.807, 2.05) is 0 Å². The molecule has 0 bridgehead atoms. The molecule has 0 aromatic carbocycles. The zero-order valence-electron chi connectivity index (χ0n) is 13.4. The van der Waals surface area contributed by atoms with Crippen molar-refractivity contribution >= 4 is 5.82 Å². The highest BCUT2D eigenvalue weighted by molar-refractivity contribution is 5.43. The van der Waals surface area contributed by atoms with E-state index in [1.54, 1.807) is 0 Å². The lowest BCUT2D eigenvalue weighted by Gasteiger charge is -2.32. The molecule has 1 aromatic heterocycles. The van der Waals surface area contributed by atoms with Gasteiger partial charge in [0.05, 0.1) is 0 Å². The number of hydrogen-bond acceptors (Lipinski definition) is 3. The largest absolute Gasteiger partial charge is 0.356 e. The van der Waals surface area contributed by atoms with E-state index in [1.165, 1.54) is 29.9 Å². The average Bonchev–Trinajstić information content (AvgIpc) is 2.44. The second-order valence-corrected chi connectivity index (χ2v) is 6.39. The van der Waals surface area contributed by atoms with Crippen LogP contribution >= 0.6 is 0 Å². The predicted molar refractivity (Wildman–Crippen MR) is 86.3 cm³/mol. The number of nitrogens with zero attached hydrogens (tertiary/aromatic N) is 2. The fraction of sp³-hybridized carbons (Fsp3) is 0.706. The lowest BCUT2D eigenvalue weighted by molar-refractivity contribution is 0.444. The summed E-state index contributed by atoms with van der Waals surface area (Å²) in [7, 11) is 0. The van der Waals surface area contributed by atoms with E-state index in [9.17, 15) is 0 Å². The van der Waals surface area contributed by atoms with Crippen LogP contribution in [0.2, 0.25) is 0 Å². The van der Waals surface area contributed by atoms with Gasteiger partial charge in [-0.2, -0.15) is 0 Å². The predicted octanol–water partition coefficient (Wildman–Crippen LogP) is 3.55. The lowest BCUT2D eigenvalue weighted by Crippen LogP contribution is -2.35. The molecule has 1 unspecified atom stereocenters. The number of pyridine rings is 1. The van der Waals surface area contributed by atoms with Crippen LogP contribution in [0.3, 0.4) is 0 Å². The molecule has 20 heavy (non-hydrogen) atoms. The molecule has 0 amide bonds. The molecule has 0 aliphatic carbocycles. The summed E-state index contributed by atoms with van der Waals surface area (Å²) in [6, 6.07) is 4.52. The monoisotopic (exact) mass is 275 g/mol. The number of anilines is 1. The lowest BCUT2D eigenvalue weighted by atomic mass is 10.00. The van der Waals surface area contributed by atoms with Gasteiger partial charge >= 0.3 is 0 Å². The van der Waals surface area contributed by atoms with Crippen LogP contribution in [0.1, 0.15) is 57.7 Å². The van der Waals surface area contributed by atoms with E-state index in [-0.39, 0.29) is 0 Å². The number of rotatable bonds is 5. The topological polar surface area (TPSA) is 28.2 Å². The first-order valence-corrected chi connectivity index (χ1v) is 8.06. The molecule has 0 saturated carbocycles. The Balaban J connectivity index is 2.23. The normalized spacial score (nSPS) is 19.6. The van der Waals surface area contributed by atoms with Crippen LogP contribution in [0.15, 0.2) is 12.1 Å². The first-order chi connectivity index (χ1) is 9.60. The molecule has 1 saturated heterocycles. The standard InChI is InChI=1S/C17H29N3/c1-5-18-11-15-9-16(13(2)3)19-17(10-15)20-8-6-7-14(4)12-20/h9-10,13-14,18H,5-8,11-12H2,1-4H3. The molecule has 1 aromatic rings. The van der Waals surface area contributed by atoms with Gasteiger partial charge in [-0.05, 0) is 48.9 Å². The van der Waals surface area contributed by atoms with Gasteiger partial charge in [0.2, 0.25) is 0 Å². The van der Waals surface area contributed by atoms with Gasteiger partial charge in [0.25, 0.3) is 0 Å². The van der Waals surface area contributed by atoms with E-state index in [4.69, 9.17) is 4.98 Å². The zero-order chi connectivity index (χ0) is 14.5. The van der Waals surface area contributed by atoms with E-state index in [0.717, 1.165) is 32.1 Å². The van der Waals surface area contributed by atoms with Crippen LogP contribution < -0.4 is 10.2 Å². The minimum atomic E-state index is 0.484. The van der Waals surface area contributed by atoms with Crippen LogP contribution in [0.25, 0.3) is 0 Å². The third-order valence-corrected chi connectivity index (χ3v) is 4.04. The second kappa shape index (κ2) is 7.07. The fourth-order valence-electron chi connectivity index (χ4n) is 2.82. The van der Waals surface area contributed by atoms with Gasteiger partial charge in [-0.1, -0.05) is 27.7 Å². The Morgan fingerprint density at radius 2 is 2.20 bits per heavy atom. The van der Waals surface area contributed by atoms with E-state index >= 15 is 0 Å². The van der Waals surface area contributed by atoms with Crippen molar-refractivity contribution in [2.24, 2.45) is 5.92 Å². The molecule has 1 aliphatic rings. The maximum Gasteiger partial charge on any atom is 0.129 e.